The van der Waals surface area contributed by atoms with Crippen molar-refractivity contribution in [1.29, 1.82) is 0 Å². The van der Waals surface area contributed by atoms with Crippen LogP contribution in [-0.4, -0.2) is 24.3 Å². The Morgan fingerprint density at radius 2 is 1.89 bits per heavy atom. The van der Waals surface area contributed by atoms with Crippen molar-refractivity contribution in [2.45, 2.75) is 45.6 Å². The number of esters is 1. The molecule has 3 nitrogen and oxygen atoms in total. The van der Waals surface area contributed by atoms with E-state index in [9.17, 15) is 9.90 Å². The number of unbranched alkanes of at least 4 members (excludes halogenated alkanes) is 1. The molecule has 0 bridgehead atoms. The maximum absolute atomic E-state index is 11.5. The molecule has 0 saturated heterocycles. The van der Waals surface area contributed by atoms with Gasteiger partial charge in [-0.05, 0) is 38.7 Å². The van der Waals surface area contributed by atoms with Gasteiger partial charge in [0.25, 0.3) is 0 Å². The summed E-state index contributed by atoms with van der Waals surface area (Å²) in [7, 11) is 1.35. The highest BCUT2D eigenvalue weighted by Crippen LogP contribution is 2.26. The minimum Gasteiger partial charge on any atom is -0.469 e. The average molecular weight is 264 g/mol. The molecule has 0 aliphatic rings. The van der Waals surface area contributed by atoms with Gasteiger partial charge in [0.1, 0.15) is 0 Å². The Kier molecular flexibility index (Phi) is 6.03. The smallest absolute Gasteiger partial charge is 0.313 e. The van der Waals surface area contributed by atoms with Gasteiger partial charge in [-0.1, -0.05) is 36.8 Å². The van der Waals surface area contributed by atoms with E-state index < -0.39 is 11.5 Å². The average Bonchev–Trinajstić information content (AvgIpc) is 2.43. The molecule has 0 amide bonds. The zero-order valence-corrected chi connectivity index (χ0v) is 12.1. The van der Waals surface area contributed by atoms with Crippen molar-refractivity contribution in [3.8, 4) is 0 Å². The van der Waals surface area contributed by atoms with Crippen LogP contribution in [0.2, 0.25) is 0 Å². The normalized spacial score (nSPS) is 13.1. The summed E-state index contributed by atoms with van der Waals surface area (Å²) < 4.78 is 4.71. The van der Waals surface area contributed by atoms with E-state index in [1.54, 1.807) is 13.8 Å². The summed E-state index contributed by atoms with van der Waals surface area (Å²) in [5.41, 5.74) is 0.478. The predicted molar refractivity (Wildman–Crippen MR) is 75.8 cm³/mol. The van der Waals surface area contributed by atoms with Crippen molar-refractivity contribution in [2.24, 2.45) is 5.41 Å². The molecule has 1 rings (SSSR count). The standard InChI is InChI=1S/C16H24O3/c1-16(2,15(18)19-3)14(17)12-8-7-11-13-9-5-4-6-10-13/h4-6,9-10,14,17H,7-8,11-12H2,1-3H3. The summed E-state index contributed by atoms with van der Waals surface area (Å²) >= 11 is 0. The fraction of sp³-hybridized carbons (Fsp3) is 0.562. The molecule has 1 aromatic rings. The molecule has 106 valence electrons. The van der Waals surface area contributed by atoms with E-state index in [1.807, 2.05) is 18.2 Å². The summed E-state index contributed by atoms with van der Waals surface area (Å²) in [6.07, 6.45) is 2.88. The lowest BCUT2D eigenvalue weighted by Crippen LogP contribution is -2.38. The van der Waals surface area contributed by atoms with E-state index in [1.165, 1.54) is 12.7 Å². The number of aliphatic hydroxyl groups is 1. The molecular weight excluding hydrogens is 240 g/mol. The Labute approximate surface area is 115 Å². The maximum Gasteiger partial charge on any atom is 0.313 e. The fourth-order valence-corrected chi connectivity index (χ4v) is 2.07. The van der Waals surface area contributed by atoms with Crippen molar-refractivity contribution in [3.05, 3.63) is 35.9 Å². The number of hydrogen-bond acceptors (Lipinski definition) is 3. The first-order valence-corrected chi connectivity index (χ1v) is 6.79. The molecule has 19 heavy (non-hydrogen) atoms. The molecule has 3 heteroatoms. The summed E-state index contributed by atoms with van der Waals surface area (Å²) in [4.78, 5) is 11.5. The van der Waals surface area contributed by atoms with Crippen LogP contribution in [0.3, 0.4) is 0 Å². The van der Waals surface area contributed by atoms with Crippen molar-refractivity contribution in [3.63, 3.8) is 0 Å². The third kappa shape index (κ3) is 4.67. The Balaban J connectivity index is 2.31. The number of hydrogen-bond donors (Lipinski definition) is 1. The van der Waals surface area contributed by atoms with Gasteiger partial charge in [-0.2, -0.15) is 0 Å². The Morgan fingerprint density at radius 3 is 2.47 bits per heavy atom. The van der Waals surface area contributed by atoms with Crippen molar-refractivity contribution >= 4 is 5.97 Å². The van der Waals surface area contributed by atoms with Gasteiger partial charge in [-0.15, -0.1) is 0 Å². The first kappa shape index (κ1) is 15.7. The van der Waals surface area contributed by atoms with E-state index in [0.29, 0.717) is 6.42 Å². The summed E-state index contributed by atoms with van der Waals surface area (Å²) in [6.45, 7) is 3.45. The number of carbonyl (C=O) groups is 1. The number of methoxy groups -OCH3 is 1. The van der Waals surface area contributed by atoms with Crippen molar-refractivity contribution < 1.29 is 14.6 Å². The van der Waals surface area contributed by atoms with Gasteiger partial charge in [0.15, 0.2) is 0 Å². The maximum atomic E-state index is 11.5. The second-order valence-corrected chi connectivity index (χ2v) is 5.46. The topological polar surface area (TPSA) is 46.5 Å². The fourth-order valence-electron chi connectivity index (χ4n) is 2.07. The van der Waals surface area contributed by atoms with Crippen LogP contribution in [-0.2, 0) is 16.0 Å². The third-order valence-corrected chi connectivity index (χ3v) is 3.58. The van der Waals surface area contributed by atoms with Crippen LogP contribution in [0.15, 0.2) is 30.3 Å². The summed E-state index contributed by atoms with van der Waals surface area (Å²) in [5, 5.41) is 10.1. The summed E-state index contributed by atoms with van der Waals surface area (Å²) in [6, 6.07) is 10.3. The van der Waals surface area contributed by atoms with E-state index in [2.05, 4.69) is 12.1 Å². The SMILES string of the molecule is COC(=O)C(C)(C)C(O)CCCCc1ccccc1. The molecule has 0 radical (unpaired) electrons. The number of ether oxygens (including phenoxy) is 1. The largest absolute Gasteiger partial charge is 0.469 e. The minimum absolute atomic E-state index is 0.358. The number of aryl methyl sites for hydroxylation is 1. The first-order chi connectivity index (χ1) is 8.98. The zero-order chi connectivity index (χ0) is 14.3. The molecule has 1 atom stereocenters. The number of carbonyl (C=O) groups excluding carboxylic acids is 1. The van der Waals surface area contributed by atoms with Crippen LogP contribution in [0, 0.1) is 5.41 Å². The molecule has 0 saturated carbocycles. The number of aliphatic hydroxyl groups excluding tert-OH is 1. The first-order valence-electron chi connectivity index (χ1n) is 6.79. The second-order valence-electron chi connectivity index (χ2n) is 5.46. The lowest BCUT2D eigenvalue weighted by Gasteiger charge is -2.27. The van der Waals surface area contributed by atoms with Gasteiger partial charge in [0, 0.05) is 0 Å². The highest BCUT2D eigenvalue weighted by atomic mass is 16.5. The van der Waals surface area contributed by atoms with Crippen LogP contribution in [0.1, 0.15) is 38.7 Å². The Bertz CT molecular complexity index is 384. The van der Waals surface area contributed by atoms with Gasteiger partial charge >= 0.3 is 5.97 Å². The molecule has 0 spiro atoms. The number of benzene rings is 1. The monoisotopic (exact) mass is 264 g/mol. The van der Waals surface area contributed by atoms with Gasteiger partial charge in [-0.25, -0.2) is 0 Å². The van der Waals surface area contributed by atoms with Gasteiger partial charge < -0.3 is 9.84 Å². The van der Waals surface area contributed by atoms with Crippen LogP contribution in [0.25, 0.3) is 0 Å². The number of rotatable bonds is 7. The van der Waals surface area contributed by atoms with Crippen LogP contribution in [0.5, 0.6) is 0 Å². The Morgan fingerprint density at radius 1 is 1.26 bits per heavy atom. The van der Waals surface area contributed by atoms with E-state index in [0.717, 1.165) is 19.3 Å². The quantitative estimate of drug-likeness (QED) is 0.608. The minimum atomic E-state index is -0.832. The van der Waals surface area contributed by atoms with Gasteiger partial charge in [0.05, 0.1) is 18.6 Å². The van der Waals surface area contributed by atoms with Gasteiger partial charge in [0.2, 0.25) is 0 Å². The highest BCUT2D eigenvalue weighted by Gasteiger charge is 2.36. The van der Waals surface area contributed by atoms with E-state index >= 15 is 0 Å². The Hall–Kier alpha value is -1.35. The van der Waals surface area contributed by atoms with E-state index in [4.69, 9.17) is 4.74 Å². The lowest BCUT2D eigenvalue weighted by atomic mass is 9.84. The lowest BCUT2D eigenvalue weighted by molar-refractivity contribution is -0.157. The molecule has 1 N–H and O–H groups in total. The molecule has 0 aromatic heterocycles. The molecule has 0 heterocycles. The van der Waals surface area contributed by atoms with Crippen LogP contribution >= 0.6 is 0 Å². The second kappa shape index (κ2) is 7.29. The molecule has 1 unspecified atom stereocenters. The van der Waals surface area contributed by atoms with Crippen molar-refractivity contribution in [2.75, 3.05) is 7.11 Å². The van der Waals surface area contributed by atoms with Gasteiger partial charge in [-0.3, -0.25) is 4.79 Å². The van der Waals surface area contributed by atoms with Crippen LogP contribution in [0.4, 0.5) is 0 Å². The van der Waals surface area contributed by atoms with Crippen molar-refractivity contribution in [1.82, 2.24) is 0 Å². The zero-order valence-electron chi connectivity index (χ0n) is 12.1. The molecule has 0 fully saturated rings. The van der Waals surface area contributed by atoms with Crippen LogP contribution < -0.4 is 0 Å². The molecule has 0 aliphatic carbocycles. The highest BCUT2D eigenvalue weighted by molar-refractivity contribution is 5.76. The molecule has 0 aliphatic heterocycles. The predicted octanol–water partition coefficient (Wildman–Crippen LogP) is 2.96. The molecular formula is C16H24O3. The summed E-state index contributed by atoms with van der Waals surface area (Å²) in [5.74, 6) is -0.358. The van der Waals surface area contributed by atoms with E-state index in [-0.39, 0.29) is 5.97 Å². The third-order valence-electron chi connectivity index (χ3n) is 3.58. The molecule has 1 aromatic carbocycles.